The Labute approximate surface area is 84.6 Å². The summed E-state index contributed by atoms with van der Waals surface area (Å²) in [5.74, 6) is 0. The van der Waals surface area contributed by atoms with E-state index in [2.05, 4.69) is 32.6 Å². The summed E-state index contributed by atoms with van der Waals surface area (Å²) in [5.41, 5.74) is 9.32. The van der Waals surface area contributed by atoms with Crippen LogP contribution in [-0.2, 0) is 0 Å². The predicted molar refractivity (Wildman–Crippen MR) is 57.2 cm³/mol. The first-order valence-corrected chi connectivity index (χ1v) is 4.79. The van der Waals surface area contributed by atoms with Gasteiger partial charge in [-0.25, -0.2) is 0 Å². The zero-order chi connectivity index (χ0) is 8.81. The van der Waals surface area contributed by atoms with Crippen molar-refractivity contribution in [1.82, 2.24) is 0 Å². The van der Waals surface area contributed by atoms with Gasteiger partial charge < -0.3 is 0 Å². The molecule has 0 fully saturated rings. The van der Waals surface area contributed by atoms with E-state index in [1.165, 1.54) is 5.56 Å². The van der Waals surface area contributed by atoms with Gasteiger partial charge in [-0.3, -0.25) is 0 Å². The molecule has 0 N–H and O–H groups in total. The SMILES string of the molecule is [N-]=[N+]=NC[C@@H](I)c1ccccc1. The second kappa shape index (κ2) is 5.00. The summed E-state index contributed by atoms with van der Waals surface area (Å²) in [5, 5.41) is 3.52. The number of hydrogen-bond acceptors (Lipinski definition) is 1. The van der Waals surface area contributed by atoms with E-state index in [-0.39, 0.29) is 3.92 Å². The number of halogens is 1. The maximum atomic E-state index is 8.12. The van der Waals surface area contributed by atoms with Crippen LogP contribution in [0.1, 0.15) is 9.49 Å². The Hall–Kier alpha value is -0.740. The average molecular weight is 273 g/mol. The van der Waals surface area contributed by atoms with Gasteiger partial charge >= 0.3 is 0 Å². The quantitative estimate of drug-likeness (QED) is 0.266. The first kappa shape index (κ1) is 9.35. The molecule has 0 bridgehead atoms. The highest BCUT2D eigenvalue weighted by atomic mass is 127. The normalized spacial score (nSPS) is 11.8. The third-order valence-electron chi connectivity index (χ3n) is 1.47. The van der Waals surface area contributed by atoms with Crippen LogP contribution in [0.15, 0.2) is 35.4 Å². The third-order valence-corrected chi connectivity index (χ3v) is 2.58. The highest BCUT2D eigenvalue weighted by Crippen LogP contribution is 2.22. The monoisotopic (exact) mass is 273 g/mol. The number of rotatable bonds is 3. The van der Waals surface area contributed by atoms with Crippen LogP contribution < -0.4 is 0 Å². The molecule has 3 nitrogen and oxygen atoms in total. The van der Waals surface area contributed by atoms with Crippen molar-refractivity contribution in [2.24, 2.45) is 5.11 Å². The predicted octanol–water partition coefficient (Wildman–Crippen LogP) is 3.47. The lowest BCUT2D eigenvalue weighted by Gasteiger charge is -2.04. The molecular weight excluding hydrogens is 265 g/mol. The molecule has 0 saturated heterocycles. The molecule has 0 spiro atoms. The molecule has 62 valence electrons. The molecule has 1 aromatic carbocycles. The third kappa shape index (κ3) is 2.71. The lowest BCUT2D eigenvalue weighted by molar-refractivity contribution is 0.962. The van der Waals surface area contributed by atoms with Crippen LogP contribution >= 0.6 is 22.6 Å². The summed E-state index contributed by atoms with van der Waals surface area (Å²) in [7, 11) is 0. The van der Waals surface area contributed by atoms with E-state index in [0.29, 0.717) is 6.54 Å². The van der Waals surface area contributed by atoms with Crippen molar-refractivity contribution in [3.8, 4) is 0 Å². The molecule has 4 heteroatoms. The Balaban J connectivity index is 2.65. The van der Waals surface area contributed by atoms with E-state index in [4.69, 9.17) is 5.53 Å². The molecule has 0 radical (unpaired) electrons. The number of alkyl halides is 1. The van der Waals surface area contributed by atoms with Crippen LogP contribution in [0.25, 0.3) is 10.4 Å². The molecule has 1 aromatic rings. The first-order chi connectivity index (χ1) is 5.84. The minimum absolute atomic E-state index is 0.277. The summed E-state index contributed by atoms with van der Waals surface area (Å²) < 4.78 is 0.277. The Morgan fingerprint density at radius 3 is 2.67 bits per heavy atom. The lowest BCUT2D eigenvalue weighted by Crippen LogP contribution is -1.91. The van der Waals surface area contributed by atoms with E-state index in [1.807, 2.05) is 30.3 Å². The van der Waals surface area contributed by atoms with Gasteiger partial charge in [0.1, 0.15) is 0 Å². The van der Waals surface area contributed by atoms with Crippen LogP contribution in [0.4, 0.5) is 0 Å². The molecule has 0 unspecified atom stereocenters. The van der Waals surface area contributed by atoms with E-state index in [0.717, 1.165) is 0 Å². The molecule has 1 atom stereocenters. The summed E-state index contributed by atoms with van der Waals surface area (Å²) >= 11 is 2.27. The van der Waals surface area contributed by atoms with Crippen LogP contribution in [-0.4, -0.2) is 6.54 Å². The lowest BCUT2D eigenvalue weighted by atomic mass is 10.2. The Morgan fingerprint density at radius 1 is 1.42 bits per heavy atom. The molecule has 0 aliphatic rings. The number of azide groups is 1. The molecule has 0 saturated carbocycles. The number of benzene rings is 1. The van der Waals surface area contributed by atoms with Crippen LogP contribution in [0.3, 0.4) is 0 Å². The van der Waals surface area contributed by atoms with E-state index in [9.17, 15) is 0 Å². The molecule has 0 amide bonds. The highest BCUT2D eigenvalue weighted by Gasteiger charge is 2.03. The summed E-state index contributed by atoms with van der Waals surface area (Å²) in [6.07, 6.45) is 0. The Bertz CT molecular complexity index is 280. The maximum absolute atomic E-state index is 8.12. The molecule has 1 rings (SSSR count). The zero-order valence-corrected chi connectivity index (χ0v) is 8.55. The van der Waals surface area contributed by atoms with Crippen molar-refractivity contribution in [3.05, 3.63) is 46.3 Å². The van der Waals surface area contributed by atoms with Gasteiger partial charge in [0, 0.05) is 15.4 Å². The fourth-order valence-corrected chi connectivity index (χ4v) is 1.47. The fraction of sp³-hybridized carbons (Fsp3) is 0.250. The molecular formula is C8H8IN3. The van der Waals surface area contributed by atoms with E-state index < -0.39 is 0 Å². The summed E-state index contributed by atoms with van der Waals surface area (Å²) in [4.78, 5) is 2.72. The average Bonchev–Trinajstić information content (AvgIpc) is 2.15. The molecule has 0 aromatic heterocycles. The zero-order valence-electron chi connectivity index (χ0n) is 6.39. The second-order valence-electron chi connectivity index (χ2n) is 2.29. The molecule has 12 heavy (non-hydrogen) atoms. The Morgan fingerprint density at radius 2 is 2.08 bits per heavy atom. The van der Waals surface area contributed by atoms with Gasteiger partial charge in [0.05, 0.1) is 0 Å². The minimum atomic E-state index is 0.277. The van der Waals surface area contributed by atoms with Crippen molar-refractivity contribution in [3.63, 3.8) is 0 Å². The topological polar surface area (TPSA) is 48.8 Å². The smallest absolute Gasteiger partial charge is 0.0417 e. The van der Waals surface area contributed by atoms with Gasteiger partial charge in [0.2, 0.25) is 0 Å². The molecule has 0 aliphatic carbocycles. The molecule has 0 aliphatic heterocycles. The second-order valence-corrected chi connectivity index (χ2v) is 3.80. The van der Waals surface area contributed by atoms with Gasteiger partial charge in [-0.15, -0.1) is 0 Å². The summed E-state index contributed by atoms with van der Waals surface area (Å²) in [6, 6.07) is 10.0. The van der Waals surface area contributed by atoms with Crippen LogP contribution in [0, 0.1) is 0 Å². The van der Waals surface area contributed by atoms with Gasteiger partial charge in [-0.2, -0.15) is 0 Å². The van der Waals surface area contributed by atoms with Crippen LogP contribution in [0.2, 0.25) is 0 Å². The Kier molecular flexibility index (Phi) is 3.90. The fourth-order valence-electron chi connectivity index (χ4n) is 0.875. The van der Waals surface area contributed by atoms with E-state index >= 15 is 0 Å². The first-order valence-electron chi connectivity index (χ1n) is 3.54. The standard InChI is InChI=1S/C8H8IN3/c9-8(6-11-12-10)7-4-2-1-3-5-7/h1-5,8H,6H2/t8-/m1/s1. The number of nitrogens with zero attached hydrogens (tertiary/aromatic N) is 3. The summed E-state index contributed by atoms with van der Waals surface area (Å²) in [6.45, 7) is 0.515. The number of hydrogen-bond donors (Lipinski definition) is 0. The van der Waals surface area contributed by atoms with Crippen molar-refractivity contribution >= 4 is 22.6 Å². The highest BCUT2D eigenvalue weighted by molar-refractivity contribution is 14.1. The van der Waals surface area contributed by atoms with Crippen molar-refractivity contribution in [1.29, 1.82) is 0 Å². The maximum Gasteiger partial charge on any atom is 0.0417 e. The molecule has 0 heterocycles. The van der Waals surface area contributed by atoms with E-state index in [1.54, 1.807) is 0 Å². The largest absolute Gasteiger partial charge is 0.0925 e. The van der Waals surface area contributed by atoms with Crippen molar-refractivity contribution in [2.45, 2.75) is 3.92 Å². The van der Waals surface area contributed by atoms with Crippen molar-refractivity contribution in [2.75, 3.05) is 6.54 Å². The van der Waals surface area contributed by atoms with Crippen molar-refractivity contribution < 1.29 is 0 Å². The van der Waals surface area contributed by atoms with Gasteiger partial charge in [-0.1, -0.05) is 58.0 Å². The van der Waals surface area contributed by atoms with Gasteiger partial charge in [0.25, 0.3) is 0 Å². The van der Waals surface area contributed by atoms with Crippen LogP contribution in [0.5, 0.6) is 0 Å². The van der Waals surface area contributed by atoms with Gasteiger partial charge in [-0.05, 0) is 11.1 Å². The minimum Gasteiger partial charge on any atom is -0.0925 e. The van der Waals surface area contributed by atoms with Gasteiger partial charge in [0.15, 0.2) is 0 Å².